The molecule has 0 spiro atoms. The van der Waals surface area contributed by atoms with Crippen molar-refractivity contribution in [2.24, 2.45) is 17.8 Å². The molecule has 0 aromatic heterocycles. The highest BCUT2D eigenvalue weighted by molar-refractivity contribution is 4.90. The van der Waals surface area contributed by atoms with Crippen LogP contribution in [0.4, 0.5) is 0 Å². The normalized spacial score (nSPS) is 45.9. The average Bonchev–Trinajstić information content (AvgIpc) is 1.92. The third-order valence-electron chi connectivity index (χ3n) is 3.41. The summed E-state index contributed by atoms with van der Waals surface area (Å²) in [6.07, 6.45) is 7.02. The van der Waals surface area contributed by atoms with Gasteiger partial charge < -0.3 is 5.11 Å². The van der Waals surface area contributed by atoms with E-state index < -0.39 is 0 Å². The molecule has 2 saturated carbocycles. The maximum absolute atomic E-state index is 8.92. The lowest BCUT2D eigenvalue weighted by molar-refractivity contribution is -0.00681. The van der Waals surface area contributed by atoms with Crippen LogP contribution in [0.25, 0.3) is 0 Å². The first-order valence-corrected chi connectivity index (χ1v) is 4.52. The van der Waals surface area contributed by atoms with Gasteiger partial charge in [0, 0.05) is 6.61 Å². The lowest BCUT2D eigenvalue weighted by Gasteiger charge is -2.47. The zero-order valence-corrected chi connectivity index (χ0v) is 6.42. The molecule has 1 N–H and O–H groups in total. The molecular formula is C9H16O. The molecule has 0 heterocycles. The third kappa shape index (κ3) is 0.878. The highest BCUT2D eigenvalue weighted by Crippen LogP contribution is 2.48. The minimum Gasteiger partial charge on any atom is -0.396 e. The molecule has 0 amide bonds. The van der Waals surface area contributed by atoms with E-state index in [-0.39, 0.29) is 0 Å². The van der Waals surface area contributed by atoms with Crippen molar-refractivity contribution in [3.63, 3.8) is 0 Å². The Balaban J connectivity index is 1.89. The molecular weight excluding hydrogens is 124 g/mol. The minimum absolute atomic E-state index is 0.446. The van der Waals surface area contributed by atoms with Crippen molar-refractivity contribution in [1.29, 1.82) is 0 Å². The molecule has 2 aliphatic rings. The fourth-order valence-electron chi connectivity index (χ4n) is 2.73. The minimum atomic E-state index is 0.446. The number of hydrogen-bond acceptors (Lipinski definition) is 1. The van der Waals surface area contributed by atoms with Crippen LogP contribution in [0.1, 0.15) is 32.1 Å². The van der Waals surface area contributed by atoms with Crippen LogP contribution in [0.2, 0.25) is 0 Å². The second-order valence-electron chi connectivity index (χ2n) is 3.89. The predicted molar refractivity (Wildman–Crippen MR) is 40.6 cm³/mol. The molecule has 0 radical (unpaired) electrons. The van der Waals surface area contributed by atoms with Gasteiger partial charge in [-0.2, -0.15) is 0 Å². The summed E-state index contributed by atoms with van der Waals surface area (Å²) in [5.74, 6) is 2.61. The summed E-state index contributed by atoms with van der Waals surface area (Å²) in [5.41, 5.74) is 0. The first-order chi connectivity index (χ1) is 4.92. The zero-order chi connectivity index (χ0) is 6.97. The Morgan fingerprint density at radius 1 is 1.20 bits per heavy atom. The first-order valence-electron chi connectivity index (χ1n) is 4.52. The molecule has 2 aliphatic carbocycles. The summed E-state index contributed by atoms with van der Waals surface area (Å²) in [4.78, 5) is 0. The van der Waals surface area contributed by atoms with Crippen molar-refractivity contribution in [2.75, 3.05) is 6.61 Å². The monoisotopic (exact) mass is 140 g/mol. The molecule has 0 aromatic carbocycles. The van der Waals surface area contributed by atoms with E-state index in [0.717, 1.165) is 11.8 Å². The smallest absolute Gasteiger partial charge is 0.0462 e. The van der Waals surface area contributed by atoms with Gasteiger partial charge in [-0.1, -0.05) is 19.3 Å². The molecule has 2 fully saturated rings. The average molecular weight is 140 g/mol. The first kappa shape index (κ1) is 6.66. The number of aliphatic hydroxyl groups excluding tert-OH is 1. The van der Waals surface area contributed by atoms with Gasteiger partial charge in [0.05, 0.1) is 0 Å². The largest absolute Gasteiger partial charge is 0.396 e. The lowest BCUT2D eigenvalue weighted by atomic mass is 9.59. The van der Waals surface area contributed by atoms with Gasteiger partial charge >= 0.3 is 0 Å². The SMILES string of the molecule is OC[C@@H]1C[C@@H]2CCCC[C@H]12. The van der Waals surface area contributed by atoms with E-state index in [1.807, 2.05) is 0 Å². The summed E-state index contributed by atoms with van der Waals surface area (Å²) >= 11 is 0. The van der Waals surface area contributed by atoms with E-state index in [2.05, 4.69) is 0 Å². The van der Waals surface area contributed by atoms with Crippen molar-refractivity contribution >= 4 is 0 Å². The van der Waals surface area contributed by atoms with Gasteiger partial charge in [-0.3, -0.25) is 0 Å². The van der Waals surface area contributed by atoms with E-state index in [1.165, 1.54) is 32.1 Å². The maximum atomic E-state index is 8.92. The molecule has 3 atom stereocenters. The van der Waals surface area contributed by atoms with Crippen LogP contribution in [0, 0.1) is 17.8 Å². The molecule has 0 bridgehead atoms. The van der Waals surface area contributed by atoms with E-state index >= 15 is 0 Å². The standard InChI is InChI=1S/C9H16O/c10-6-8-5-7-3-1-2-4-9(7)8/h7-10H,1-6H2/t7-,8-,9-/m0/s1. The van der Waals surface area contributed by atoms with Crippen molar-refractivity contribution < 1.29 is 5.11 Å². The summed E-state index contributed by atoms with van der Waals surface area (Å²) in [6.45, 7) is 0.446. The molecule has 2 rings (SSSR count). The fraction of sp³-hybridized carbons (Fsp3) is 1.00. The maximum Gasteiger partial charge on any atom is 0.0462 e. The van der Waals surface area contributed by atoms with Gasteiger partial charge in [0.25, 0.3) is 0 Å². The van der Waals surface area contributed by atoms with Crippen LogP contribution < -0.4 is 0 Å². The Labute approximate surface area is 62.4 Å². The fourth-order valence-corrected chi connectivity index (χ4v) is 2.73. The van der Waals surface area contributed by atoms with E-state index in [4.69, 9.17) is 5.11 Å². The van der Waals surface area contributed by atoms with Gasteiger partial charge in [-0.15, -0.1) is 0 Å². The van der Waals surface area contributed by atoms with Crippen LogP contribution in [-0.2, 0) is 0 Å². The summed E-state index contributed by atoms with van der Waals surface area (Å²) < 4.78 is 0. The topological polar surface area (TPSA) is 20.2 Å². The van der Waals surface area contributed by atoms with Crippen LogP contribution in [0.5, 0.6) is 0 Å². The van der Waals surface area contributed by atoms with Gasteiger partial charge in [0.15, 0.2) is 0 Å². The van der Waals surface area contributed by atoms with Crippen LogP contribution in [0.15, 0.2) is 0 Å². The Bertz CT molecular complexity index is 118. The Hall–Kier alpha value is -0.0400. The number of hydrogen-bond donors (Lipinski definition) is 1. The molecule has 58 valence electrons. The van der Waals surface area contributed by atoms with Gasteiger partial charge in [-0.25, -0.2) is 0 Å². The number of rotatable bonds is 1. The van der Waals surface area contributed by atoms with Crippen LogP contribution in [0.3, 0.4) is 0 Å². The van der Waals surface area contributed by atoms with Crippen molar-refractivity contribution in [1.82, 2.24) is 0 Å². The lowest BCUT2D eigenvalue weighted by Crippen LogP contribution is -2.40. The van der Waals surface area contributed by atoms with Gasteiger partial charge in [0.1, 0.15) is 0 Å². The van der Waals surface area contributed by atoms with Crippen LogP contribution in [-0.4, -0.2) is 11.7 Å². The van der Waals surface area contributed by atoms with Crippen molar-refractivity contribution in [3.8, 4) is 0 Å². The Morgan fingerprint density at radius 3 is 2.70 bits per heavy atom. The number of aliphatic hydroxyl groups is 1. The van der Waals surface area contributed by atoms with E-state index in [9.17, 15) is 0 Å². The van der Waals surface area contributed by atoms with E-state index in [0.29, 0.717) is 12.5 Å². The van der Waals surface area contributed by atoms with Gasteiger partial charge in [-0.05, 0) is 30.6 Å². The Morgan fingerprint density at radius 2 is 2.00 bits per heavy atom. The molecule has 0 unspecified atom stereocenters. The second-order valence-corrected chi connectivity index (χ2v) is 3.89. The third-order valence-corrected chi connectivity index (χ3v) is 3.41. The highest BCUT2D eigenvalue weighted by atomic mass is 16.3. The highest BCUT2D eigenvalue weighted by Gasteiger charge is 2.40. The van der Waals surface area contributed by atoms with Crippen molar-refractivity contribution in [2.45, 2.75) is 32.1 Å². The molecule has 0 aromatic rings. The molecule has 1 nitrogen and oxygen atoms in total. The van der Waals surface area contributed by atoms with Crippen LogP contribution >= 0.6 is 0 Å². The quantitative estimate of drug-likeness (QED) is 0.589. The molecule has 10 heavy (non-hydrogen) atoms. The van der Waals surface area contributed by atoms with E-state index in [1.54, 1.807) is 0 Å². The zero-order valence-electron chi connectivity index (χ0n) is 6.42. The van der Waals surface area contributed by atoms with Crippen molar-refractivity contribution in [3.05, 3.63) is 0 Å². The predicted octanol–water partition coefficient (Wildman–Crippen LogP) is 1.80. The van der Waals surface area contributed by atoms with Gasteiger partial charge in [0.2, 0.25) is 0 Å². The molecule has 0 aliphatic heterocycles. The summed E-state index contributed by atoms with van der Waals surface area (Å²) in [6, 6.07) is 0. The Kier molecular flexibility index (Phi) is 1.69. The summed E-state index contributed by atoms with van der Waals surface area (Å²) in [5, 5.41) is 8.92. The summed E-state index contributed by atoms with van der Waals surface area (Å²) in [7, 11) is 0. The molecule has 1 heteroatoms. The second kappa shape index (κ2) is 2.54. The molecule has 0 saturated heterocycles. The number of fused-ring (bicyclic) bond motifs is 1.